The van der Waals surface area contributed by atoms with E-state index in [0.717, 1.165) is 27.9 Å². The van der Waals surface area contributed by atoms with Gasteiger partial charge in [0.05, 0.1) is 5.56 Å². The van der Waals surface area contributed by atoms with Crippen LogP contribution in [0.3, 0.4) is 0 Å². The van der Waals surface area contributed by atoms with Gasteiger partial charge in [-0.3, -0.25) is 14.6 Å². The first-order valence-corrected chi connectivity index (χ1v) is 8.05. The fraction of sp³-hybridized carbons (Fsp3) is 0.316. The average molecular weight is 323 g/mol. The monoisotopic (exact) mass is 323 g/mol. The number of carbonyl (C=O) groups is 2. The minimum Gasteiger partial charge on any atom is -0.338 e. The van der Waals surface area contributed by atoms with Crippen LogP contribution in [-0.2, 0) is 17.8 Å². The van der Waals surface area contributed by atoms with Gasteiger partial charge in [-0.1, -0.05) is 17.7 Å². The summed E-state index contributed by atoms with van der Waals surface area (Å²) in [5.74, 6) is -0.103. The lowest BCUT2D eigenvalue weighted by Gasteiger charge is -2.28. The molecule has 0 bridgehead atoms. The van der Waals surface area contributed by atoms with E-state index in [4.69, 9.17) is 0 Å². The largest absolute Gasteiger partial charge is 0.338 e. The Bertz CT molecular complexity index is 814. The highest BCUT2D eigenvalue weighted by atomic mass is 16.2. The Balaban J connectivity index is 1.86. The summed E-state index contributed by atoms with van der Waals surface area (Å²) in [5, 5.41) is 2.98. The van der Waals surface area contributed by atoms with Gasteiger partial charge < -0.3 is 10.2 Å². The van der Waals surface area contributed by atoms with Crippen molar-refractivity contribution in [3.63, 3.8) is 0 Å². The zero-order valence-electron chi connectivity index (χ0n) is 14.2. The Morgan fingerprint density at radius 2 is 2.00 bits per heavy atom. The van der Waals surface area contributed by atoms with E-state index in [9.17, 15) is 9.59 Å². The number of amides is 2. The lowest BCUT2D eigenvalue weighted by molar-refractivity contribution is -0.129. The van der Waals surface area contributed by atoms with Crippen LogP contribution in [-0.4, -0.2) is 28.2 Å². The molecular weight excluding hydrogens is 302 g/mol. The molecule has 1 aromatic carbocycles. The van der Waals surface area contributed by atoms with Crippen molar-refractivity contribution in [2.24, 2.45) is 0 Å². The molecule has 1 aliphatic heterocycles. The predicted molar refractivity (Wildman–Crippen MR) is 92.9 cm³/mol. The topological polar surface area (TPSA) is 62.3 Å². The Labute approximate surface area is 141 Å². The molecule has 0 atom stereocenters. The van der Waals surface area contributed by atoms with E-state index in [2.05, 4.69) is 10.3 Å². The van der Waals surface area contributed by atoms with Crippen molar-refractivity contribution >= 4 is 17.5 Å². The minimum absolute atomic E-state index is 0.0470. The van der Waals surface area contributed by atoms with Crippen molar-refractivity contribution in [2.75, 3.05) is 11.9 Å². The van der Waals surface area contributed by atoms with E-state index in [1.54, 1.807) is 24.2 Å². The number of benzene rings is 1. The maximum absolute atomic E-state index is 12.7. The number of aryl methyl sites for hydroxylation is 2. The summed E-state index contributed by atoms with van der Waals surface area (Å²) in [6.07, 6.45) is 4.03. The van der Waals surface area contributed by atoms with Gasteiger partial charge in [0.15, 0.2) is 0 Å². The van der Waals surface area contributed by atoms with E-state index >= 15 is 0 Å². The first-order chi connectivity index (χ1) is 11.5. The van der Waals surface area contributed by atoms with Crippen LogP contribution in [0.4, 0.5) is 5.69 Å². The Kier molecular flexibility index (Phi) is 4.34. The van der Waals surface area contributed by atoms with Crippen molar-refractivity contribution in [3.05, 3.63) is 58.4 Å². The number of hydrogen-bond donors (Lipinski definition) is 1. The smallest absolute Gasteiger partial charge is 0.257 e. The van der Waals surface area contributed by atoms with E-state index in [1.807, 2.05) is 32.0 Å². The maximum Gasteiger partial charge on any atom is 0.257 e. The van der Waals surface area contributed by atoms with Gasteiger partial charge in [0, 0.05) is 38.1 Å². The Morgan fingerprint density at radius 3 is 2.71 bits per heavy atom. The molecule has 0 spiro atoms. The van der Waals surface area contributed by atoms with Gasteiger partial charge in [-0.2, -0.15) is 0 Å². The Morgan fingerprint density at radius 1 is 1.21 bits per heavy atom. The zero-order chi connectivity index (χ0) is 17.3. The van der Waals surface area contributed by atoms with Crippen LogP contribution in [0.25, 0.3) is 0 Å². The summed E-state index contributed by atoms with van der Waals surface area (Å²) in [4.78, 5) is 30.2. The van der Waals surface area contributed by atoms with Crippen LogP contribution >= 0.6 is 0 Å². The average Bonchev–Trinajstić information content (AvgIpc) is 2.56. The number of carbonyl (C=O) groups excluding carboxylic acids is 2. The lowest BCUT2D eigenvalue weighted by atomic mass is 9.96. The molecule has 1 aromatic heterocycles. The second-order valence-corrected chi connectivity index (χ2v) is 6.29. The minimum atomic E-state index is -0.150. The highest BCUT2D eigenvalue weighted by Crippen LogP contribution is 2.23. The van der Waals surface area contributed by atoms with Crippen molar-refractivity contribution in [1.29, 1.82) is 0 Å². The highest BCUT2D eigenvalue weighted by Gasteiger charge is 2.23. The summed E-state index contributed by atoms with van der Waals surface area (Å²) in [6.45, 7) is 6.72. The van der Waals surface area contributed by atoms with Crippen LogP contribution in [0.15, 0.2) is 30.6 Å². The number of fused-ring (bicyclic) bond motifs is 1. The molecule has 0 radical (unpaired) electrons. The molecule has 0 saturated heterocycles. The third-order valence-electron chi connectivity index (χ3n) is 4.46. The van der Waals surface area contributed by atoms with Gasteiger partial charge in [0.2, 0.25) is 5.91 Å². The molecule has 24 heavy (non-hydrogen) atoms. The van der Waals surface area contributed by atoms with Crippen LogP contribution < -0.4 is 5.32 Å². The van der Waals surface area contributed by atoms with Crippen LogP contribution in [0, 0.1) is 13.8 Å². The number of nitrogens with one attached hydrogen (secondary N) is 1. The zero-order valence-corrected chi connectivity index (χ0v) is 14.2. The molecule has 2 amide bonds. The standard InChI is InChI=1S/C19H21N3O2/c1-12-4-5-18(13(2)8-12)21-19(24)17-10-20-9-15-11-22(14(3)23)7-6-16(15)17/h4-5,8-10H,6-7,11H2,1-3H3,(H,21,24). The second-order valence-electron chi connectivity index (χ2n) is 6.29. The van der Waals surface area contributed by atoms with E-state index in [1.165, 1.54) is 0 Å². The summed E-state index contributed by atoms with van der Waals surface area (Å²) in [6, 6.07) is 5.94. The molecule has 5 heteroatoms. The lowest BCUT2D eigenvalue weighted by Crippen LogP contribution is -2.35. The molecule has 0 fully saturated rings. The van der Waals surface area contributed by atoms with Gasteiger partial charge in [-0.25, -0.2) is 0 Å². The maximum atomic E-state index is 12.7. The molecule has 2 heterocycles. The first-order valence-electron chi connectivity index (χ1n) is 8.05. The van der Waals surface area contributed by atoms with Gasteiger partial charge in [0.1, 0.15) is 0 Å². The van der Waals surface area contributed by atoms with Gasteiger partial charge in [0.25, 0.3) is 5.91 Å². The number of rotatable bonds is 2. The quantitative estimate of drug-likeness (QED) is 0.924. The molecule has 0 unspecified atom stereocenters. The van der Waals surface area contributed by atoms with Crippen molar-refractivity contribution in [2.45, 2.75) is 33.7 Å². The molecule has 5 nitrogen and oxygen atoms in total. The summed E-state index contributed by atoms with van der Waals surface area (Å²) in [7, 11) is 0. The summed E-state index contributed by atoms with van der Waals surface area (Å²) >= 11 is 0. The molecular formula is C19H21N3O2. The van der Waals surface area contributed by atoms with Gasteiger partial charge in [-0.15, -0.1) is 0 Å². The fourth-order valence-corrected chi connectivity index (χ4v) is 3.10. The van der Waals surface area contributed by atoms with Crippen molar-refractivity contribution in [3.8, 4) is 0 Å². The number of nitrogens with zero attached hydrogens (tertiary/aromatic N) is 2. The Hall–Kier alpha value is -2.69. The van der Waals surface area contributed by atoms with E-state index in [0.29, 0.717) is 25.1 Å². The molecule has 3 rings (SSSR count). The van der Waals surface area contributed by atoms with Gasteiger partial charge in [-0.05, 0) is 43.0 Å². The molecule has 1 aliphatic rings. The molecule has 2 aromatic rings. The number of pyridine rings is 1. The van der Waals surface area contributed by atoms with Crippen molar-refractivity contribution in [1.82, 2.24) is 9.88 Å². The van der Waals surface area contributed by atoms with Crippen molar-refractivity contribution < 1.29 is 9.59 Å². The number of aromatic nitrogens is 1. The molecule has 1 N–H and O–H groups in total. The normalized spacial score (nSPS) is 13.4. The van der Waals surface area contributed by atoms with Crippen LogP contribution in [0.2, 0.25) is 0 Å². The third-order valence-corrected chi connectivity index (χ3v) is 4.46. The van der Waals surface area contributed by atoms with E-state index in [-0.39, 0.29) is 11.8 Å². The summed E-state index contributed by atoms with van der Waals surface area (Å²) in [5.41, 5.74) is 5.53. The second kappa shape index (κ2) is 6.43. The van der Waals surface area contributed by atoms with Gasteiger partial charge >= 0.3 is 0 Å². The SMILES string of the molecule is CC(=O)N1CCc2c(cncc2C(=O)Nc2ccc(C)cc2C)C1. The summed E-state index contributed by atoms with van der Waals surface area (Å²) < 4.78 is 0. The van der Waals surface area contributed by atoms with Crippen LogP contribution in [0.1, 0.15) is 39.5 Å². The third kappa shape index (κ3) is 3.15. The number of hydrogen-bond acceptors (Lipinski definition) is 3. The number of anilines is 1. The highest BCUT2D eigenvalue weighted by molar-refractivity contribution is 6.05. The fourth-order valence-electron chi connectivity index (χ4n) is 3.10. The molecule has 0 aliphatic carbocycles. The molecule has 0 saturated carbocycles. The first kappa shape index (κ1) is 16.2. The van der Waals surface area contributed by atoms with E-state index < -0.39 is 0 Å². The predicted octanol–water partition coefficient (Wildman–Crippen LogP) is 2.86. The van der Waals surface area contributed by atoms with Crippen LogP contribution in [0.5, 0.6) is 0 Å². The molecule has 124 valence electrons.